The van der Waals surface area contributed by atoms with Crippen LogP contribution in [0.1, 0.15) is 5.69 Å². The molecular formula is C11H12N4O5S3. The van der Waals surface area contributed by atoms with E-state index in [2.05, 4.69) is 10.1 Å². The number of hydrogen-bond donors (Lipinski definition) is 2. The third-order valence-electron chi connectivity index (χ3n) is 2.35. The Kier molecular flexibility index (Phi) is 5.85. The Hall–Kier alpha value is -1.79. The molecule has 0 fully saturated rings. The predicted molar refractivity (Wildman–Crippen MR) is 89.4 cm³/mol. The number of aromatic nitrogens is 3. The van der Waals surface area contributed by atoms with E-state index in [0.717, 1.165) is 39.6 Å². The number of aryl methyl sites for hydroxylation is 1. The molecule has 0 amide bonds. The van der Waals surface area contributed by atoms with Crippen molar-refractivity contribution >= 4 is 57.1 Å². The molecule has 0 aliphatic heterocycles. The van der Waals surface area contributed by atoms with Gasteiger partial charge in [0, 0.05) is 11.8 Å². The van der Waals surface area contributed by atoms with Crippen LogP contribution in [0.3, 0.4) is 0 Å². The fourth-order valence-electron chi connectivity index (χ4n) is 1.51. The molecule has 0 saturated heterocycles. The van der Waals surface area contributed by atoms with Gasteiger partial charge in [0.1, 0.15) is 5.75 Å². The van der Waals surface area contributed by atoms with Crippen molar-refractivity contribution in [1.29, 1.82) is 0 Å². The van der Waals surface area contributed by atoms with Crippen molar-refractivity contribution in [3.63, 3.8) is 0 Å². The molecule has 0 atom stereocenters. The van der Waals surface area contributed by atoms with E-state index in [-0.39, 0.29) is 22.9 Å². The number of fused-ring (bicyclic) bond motifs is 1. The number of rotatable bonds is 8. The lowest BCUT2D eigenvalue weighted by Crippen LogP contribution is -2.19. The van der Waals surface area contributed by atoms with E-state index in [0.29, 0.717) is 15.8 Å². The maximum Gasteiger partial charge on any atom is 0.315 e. The van der Waals surface area contributed by atoms with Gasteiger partial charge in [-0.05, 0) is 18.9 Å². The van der Waals surface area contributed by atoms with Crippen molar-refractivity contribution in [3.05, 3.63) is 22.1 Å². The van der Waals surface area contributed by atoms with Gasteiger partial charge in [-0.25, -0.2) is 4.98 Å². The van der Waals surface area contributed by atoms with Crippen molar-refractivity contribution in [2.75, 3.05) is 21.7 Å². The average molecular weight is 376 g/mol. The smallest absolute Gasteiger partial charge is 0.315 e. The van der Waals surface area contributed by atoms with E-state index in [1.807, 2.05) is 0 Å². The first-order chi connectivity index (χ1) is 10.9. The minimum Gasteiger partial charge on any atom is -0.481 e. The van der Waals surface area contributed by atoms with Crippen molar-refractivity contribution < 1.29 is 19.8 Å². The Morgan fingerprint density at radius 2 is 2.04 bits per heavy atom. The van der Waals surface area contributed by atoms with Crippen molar-refractivity contribution in [3.8, 4) is 0 Å². The molecule has 2 aromatic rings. The molecule has 2 N–H and O–H groups in total. The number of carboxylic acid groups (broad SMARTS) is 2. The topological polar surface area (TPSA) is 125 Å². The van der Waals surface area contributed by atoms with E-state index in [4.69, 9.17) is 10.2 Å². The zero-order valence-corrected chi connectivity index (χ0v) is 14.3. The van der Waals surface area contributed by atoms with Crippen LogP contribution in [-0.2, 0) is 9.59 Å². The second-order valence-corrected chi connectivity index (χ2v) is 7.11. The summed E-state index contributed by atoms with van der Waals surface area (Å²) in [7, 11) is 0. The van der Waals surface area contributed by atoms with E-state index in [1.54, 1.807) is 11.2 Å². The van der Waals surface area contributed by atoms with E-state index >= 15 is 0 Å². The van der Waals surface area contributed by atoms with Crippen LogP contribution in [0.25, 0.3) is 4.96 Å². The van der Waals surface area contributed by atoms with Crippen LogP contribution < -0.4 is 9.86 Å². The number of hydrogen-bond acceptors (Lipinski definition) is 9. The molecule has 0 saturated carbocycles. The highest BCUT2D eigenvalue weighted by Crippen LogP contribution is 2.28. The maximum absolute atomic E-state index is 11.9. The fraction of sp³-hybridized carbons (Fsp3) is 0.364. The first kappa shape index (κ1) is 17.6. The third-order valence-corrected chi connectivity index (χ3v) is 5.45. The first-order valence-electron chi connectivity index (χ1n) is 6.16. The minimum atomic E-state index is -1.00. The molecule has 0 spiro atoms. The largest absolute Gasteiger partial charge is 0.481 e. The summed E-state index contributed by atoms with van der Waals surface area (Å²) in [6, 6.07) is 1.35. The van der Waals surface area contributed by atoms with Gasteiger partial charge < -0.3 is 10.2 Å². The molecule has 0 radical (unpaired) electrons. The molecule has 2 aromatic heterocycles. The van der Waals surface area contributed by atoms with Crippen LogP contribution in [0.5, 0.6) is 0 Å². The summed E-state index contributed by atoms with van der Waals surface area (Å²) in [5.74, 6) is -2.07. The van der Waals surface area contributed by atoms with Gasteiger partial charge in [-0.1, -0.05) is 11.3 Å². The standard InChI is InChI=1S/C11H12N4O5S3/c1-6-2-7(16)15-10(12-6)23-11(13-15)14(22-4-9(19)20)5-21-3-8(17)18/h2H,3-5H2,1H3,(H,17,18)(H,19,20). The summed E-state index contributed by atoms with van der Waals surface area (Å²) in [4.78, 5) is 37.8. The third kappa shape index (κ3) is 4.84. The Balaban J connectivity index is 2.25. The Bertz CT molecular complexity index is 790. The highest BCUT2D eigenvalue weighted by Gasteiger charge is 2.17. The molecule has 0 aliphatic rings. The van der Waals surface area contributed by atoms with Gasteiger partial charge in [-0.3, -0.25) is 18.7 Å². The number of aliphatic carboxylic acids is 2. The minimum absolute atomic E-state index is 0.119. The number of thioether (sulfide) groups is 1. The van der Waals surface area contributed by atoms with E-state index in [1.165, 1.54) is 6.07 Å². The van der Waals surface area contributed by atoms with Crippen LogP contribution in [-0.4, -0.2) is 54.1 Å². The zero-order valence-electron chi connectivity index (χ0n) is 11.8. The Morgan fingerprint density at radius 1 is 1.35 bits per heavy atom. The van der Waals surface area contributed by atoms with Gasteiger partial charge in [-0.15, -0.1) is 16.9 Å². The summed E-state index contributed by atoms with van der Waals surface area (Å²) in [5, 5.41) is 22.0. The SMILES string of the molecule is Cc1cc(=O)n2nc(N(CSCC(=O)O)SCC(=O)O)sc2n1. The Labute approximate surface area is 142 Å². The second kappa shape index (κ2) is 7.66. The van der Waals surface area contributed by atoms with Crippen molar-refractivity contribution in [2.45, 2.75) is 6.92 Å². The lowest BCUT2D eigenvalue weighted by atomic mass is 10.5. The molecule has 0 bridgehead atoms. The van der Waals surface area contributed by atoms with Gasteiger partial charge in [0.2, 0.25) is 10.1 Å². The van der Waals surface area contributed by atoms with Crippen LogP contribution in [0.4, 0.5) is 5.13 Å². The number of carboxylic acids is 2. The van der Waals surface area contributed by atoms with E-state index < -0.39 is 11.9 Å². The Morgan fingerprint density at radius 3 is 2.70 bits per heavy atom. The molecule has 0 aromatic carbocycles. The number of carbonyl (C=O) groups is 2. The van der Waals surface area contributed by atoms with Crippen molar-refractivity contribution in [2.24, 2.45) is 0 Å². The molecule has 0 unspecified atom stereocenters. The van der Waals surface area contributed by atoms with Gasteiger partial charge in [0.25, 0.3) is 5.56 Å². The van der Waals surface area contributed by atoms with Crippen LogP contribution in [0.2, 0.25) is 0 Å². The molecule has 9 nitrogen and oxygen atoms in total. The number of nitrogens with zero attached hydrogens (tertiary/aromatic N) is 4. The van der Waals surface area contributed by atoms with Gasteiger partial charge in [0.15, 0.2) is 0 Å². The second-order valence-electron chi connectivity index (χ2n) is 4.23. The molecule has 23 heavy (non-hydrogen) atoms. The normalized spacial score (nSPS) is 10.8. The lowest BCUT2D eigenvalue weighted by molar-refractivity contribution is -0.135. The van der Waals surface area contributed by atoms with Gasteiger partial charge in [-0.2, -0.15) is 4.52 Å². The highest BCUT2D eigenvalue weighted by molar-refractivity contribution is 8.04. The van der Waals surface area contributed by atoms with Crippen molar-refractivity contribution in [1.82, 2.24) is 14.6 Å². The summed E-state index contributed by atoms with van der Waals surface area (Å²) in [5.41, 5.74) is 0.242. The molecule has 2 rings (SSSR count). The quantitative estimate of drug-likeness (QED) is 0.504. The maximum atomic E-state index is 11.9. The average Bonchev–Trinajstić information content (AvgIpc) is 2.85. The summed E-state index contributed by atoms with van der Waals surface area (Å²) >= 11 is 3.23. The summed E-state index contributed by atoms with van der Waals surface area (Å²) < 4.78 is 2.69. The highest BCUT2D eigenvalue weighted by atomic mass is 32.2. The summed E-state index contributed by atoms with van der Waals surface area (Å²) in [6.45, 7) is 1.69. The first-order valence-corrected chi connectivity index (χ1v) is 9.07. The lowest BCUT2D eigenvalue weighted by Gasteiger charge is -2.17. The predicted octanol–water partition coefficient (Wildman–Crippen LogP) is 0.774. The number of anilines is 1. The molecular weight excluding hydrogens is 364 g/mol. The fourth-order valence-corrected chi connectivity index (χ4v) is 4.21. The van der Waals surface area contributed by atoms with Crippen LogP contribution >= 0.6 is 35.0 Å². The zero-order chi connectivity index (χ0) is 17.0. The molecule has 124 valence electrons. The van der Waals surface area contributed by atoms with E-state index in [9.17, 15) is 14.4 Å². The molecule has 12 heteroatoms. The van der Waals surface area contributed by atoms with Crippen LogP contribution in [0, 0.1) is 6.92 Å². The van der Waals surface area contributed by atoms with Gasteiger partial charge in [0.05, 0.1) is 11.6 Å². The van der Waals surface area contributed by atoms with Crippen LogP contribution in [0.15, 0.2) is 10.9 Å². The molecule has 0 aliphatic carbocycles. The monoisotopic (exact) mass is 376 g/mol. The van der Waals surface area contributed by atoms with Gasteiger partial charge >= 0.3 is 11.9 Å². The summed E-state index contributed by atoms with van der Waals surface area (Å²) in [6.07, 6.45) is 0. The molecule has 2 heterocycles.